The molecular formula is C15H21Br2Cl2O6P. The third-order valence-electron chi connectivity index (χ3n) is 2.75. The fourth-order valence-corrected chi connectivity index (χ4v) is 3.28. The van der Waals surface area contributed by atoms with E-state index >= 15 is 0 Å². The SMILES string of the molecule is C=CCc1ccc(OC)c(OC)c1.COP(=O)(OC)OC(Br)C(Cl)(Cl)Br. The minimum Gasteiger partial charge on any atom is -0.493 e. The Morgan fingerprint density at radius 1 is 1.19 bits per heavy atom. The fourth-order valence-electron chi connectivity index (χ4n) is 1.51. The summed E-state index contributed by atoms with van der Waals surface area (Å²) >= 11 is 17.0. The normalized spacial score (nSPS) is 12.6. The lowest BCUT2D eigenvalue weighted by atomic mass is 10.1. The van der Waals surface area contributed by atoms with Crippen molar-refractivity contribution < 1.29 is 27.6 Å². The van der Waals surface area contributed by atoms with Gasteiger partial charge in [0.2, 0.25) is 3.24 Å². The highest BCUT2D eigenvalue weighted by atomic mass is 79.9. The van der Waals surface area contributed by atoms with Gasteiger partial charge in [-0.3, -0.25) is 13.6 Å². The van der Waals surface area contributed by atoms with Crippen molar-refractivity contribution in [2.45, 2.75) is 14.7 Å². The van der Waals surface area contributed by atoms with Gasteiger partial charge in [-0.15, -0.1) is 6.58 Å². The zero-order valence-corrected chi connectivity index (χ0v) is 20.3. The van der Waals surface area contributed by atoms with Crippen LogP contribution in [0.5, 0.6) is 11.5 Å². The summed E-state index contributed by atoms with van der Waals surface area (Å²) in [4.78, 5) is 0. The monoisotopic (exact) mass is 556 g/mol. The smallest absolute Gasteiger partial charge is 0.475 e. The van der Waals surface area contributed by atoms with Gasteiger partial charge in [-0.25, -0.2) is 4.57 Å². The second-order valence-electron chi connectivity index (χ2n) is 4.46. The summed E-state index contributed by atoms with van der Waals surface area (Å²) in [6.45, 7) is 3.68. The van der Waals surface area contributed by atoms with Crippen LogP contribution in [-0.2, 0) is 24.6 Å². The molecule has 0 bridgehead atoms. The van der Waals surface area contributed by atoms with Gasteiger partial charge in [0.25, 0.3) is 0 Å². The number of hydrogen-bond donors (Lipinski definition) is 0. The molecular weight excluding hydrogens is 538 g/mol. The Balaban J connectivity index is 0.000000481. The van der Waals surface area contributed by atoms with Crippen LogP contribution in [0.4, 0.5) is 0 Å². The fraction of sp³-hybridized carbons (Fsp3) is 0.467. The van der Waals surface area contributed by atoms with Crippen molar-refractivity contribution in [3.05, 3.63) is 36.4 Å². The lowest BCUT2D eigenvalue weighted by Gasteiger charge is -2.22. The summed E-state index contributed by atoms with van der Waals surface area (Å²) in [5.74, 6) is 1.53. The maximum Gasteiger partial charge on any atom is 0.475 e. The van der Waals surface area contributed by atoms with Gasteiger partial charge in [-0.05, 0) is 40.0 Å². The lowest BCUT2D eigenvalue weighted by Crippen LogP contribution is -2.21. The van der Waals surface area contributed by atoms with E-state index in [0.29, 0.717) is 0 Å². The molecule has 0 N–H and O–H groups in total. The van der Waals surface area contributed by atoms with E-state index in [1.165, 1.54) is 19.8 Å². The molecule has 0 aliphatic carbocycles. The molecule has 0 fully saturated rings. The van der Waals surface area contributed by atoms with E-state index in [2.05, 4.69) is 47.5 Å². The van der Waals surface area contributed by atoms with Crippen LogP contribution in [0.15, 0.2) is 30.9 Å². The first-order valence-corrected chi connectivity index (χ1v) is 10.9. The van der Waals surface area contributed by atoms with Gasteiger partial charge < -0.3 is 9.47 Å². The molecule has 0 spiro atoms. The van der Waals surface area contributed by atoms with Gasteiger partial charge in [0.15, 0.2) is 16.5 Å². The molecule has 0 aliphatic heterocycles. The molecule has 1 unspecified atom stereocenters. The number of hydrogen-bond acceptors (Lipinski definition) is 6. The molecule has 0 saturated heterocycles. The summed E-state index contributed by atoms with van der Waals surface area (Å²) in [5, 5.41) is -0.936. The lowest BCUT2D eigenvalue weighted by molar-refractivity contribution is 0.146. The van der Waals surface area contributed by atoms with E-state index in [0.717, 1.165) is 17.9 Å². The van der Waals surface area contributed by atoms with Gasteiger partial charge >= 0.3 is 7.82 Å². The molecule has 0 radical (unpaired) electrons. The molecule has 0 saturated carbocycles. The molecule has 0 heterocycles. The number of alkyl halides is 4. The molecule has 6 nitrogen and oxygen atoms in total. The molecule has 1 rings (SSSR count). The van der Waals surface area contributed by atoms with Gasteiger partial charge in [-0.1, -0.05) is 51.3 Å². The first-order valence-electron chi connectivity index (χ1n) is 6.99. The van der Waals surface area contributed by atoms with Crippen LogP contribution in [0, 0.1) is 0 Å². The first-order chi connectivity index (χ1) is 12.1. The van der Waals surface area contributed by atoms with Gasteiger partial charge in [0.05, 0.1) is 14.2 Å². The summed E-state index contributed by atoms with van der Waals surface area (Å²) in [7, 11) is 2.05. The van der Waals surface area contributed by atoms with Crippen LogP contribution in [0.2, 0.25) is 0 Å². The summed E-state index contributed by atoms with van der Waals surface area (Å²) in [6, 6.07) is 5.86. The van der Waals surface area contributed by atoms with Crippen LogP contribution in [0.25, 0.3) is 0 Å². The molecule has 0 amide bonds. The van der Waals surface area contributed by atoms with E-state index < -0.39 is 16.1 Å². The largest absolute Gasteiger partial charge is 0.493 e. The van der Waals surface area contributed by atoms with E-state index in [-0.39, 0.29) is 0 Å². The average Bonchev–Trinajstić information content (AvgIpc) is 2.61. The van der Waals surface area contributed by atoms with E-state index in [9.17, 15) is 4.57 Å². The predicted octanol–water partition coefficient (Wildman–Crippen LogP) is 6.08. The number of allylic oxidation sites excluding steroid dienone is 1. The van der Waals surface area contributed by atoms with Crippen LogP contribution >= 0.6 is 62.9 Å². The van der Waals surface area contributed by atoms with Crippen molar-refractivity contribution >= 4 is 62.9 Å². The minimum absolute atomic E-state index is 0.760. The number of phosphoric ester groups is 1. The van der Waals surface area contributed by atoms with Crippen LogP contribution in [0.3, 0.4) is 0 Å². The topological polar surface area (TPSA) is 63.2 Å². The number of ether oxygens (including phenoxy) is 2. The Hall–Kier alpha value is 0.210. The van der Waals surface area contributed by atoms with Gasteiger partial charge in [0, 0.05) is 14.2 Å². The standard InChI is InChI=1S/C11H14O2.C4H7Br2Cl2O4P/c1-4-5-9-6-7-10(12-2)11(8-9)13-3;1-10-13(9,11-2)12-3(5)4(6,7)8/h4,6-8H,1,5H2,2-3H3;3H,1-2H3. The van der Waals surface area contributed by atoms with Gasteiger partial charge in [0.1, 0.15) is 0 Å². The third-order valence-corrected chi connectivity index (χ3v) is 7.23. The van der Waals surface area contributed by atoms with Crippen LogP contribution < -0.4 is 9.47 Å². The molecule has 11 heteroatoms. The quantitative estimate of drug-likeness (QED) is 0.208. The Labute approximate surface area is 180 Å². The maximum absolute atomic E-state index is 11.4. The Kier molecular flexibility index (Phi) is 12.7. The van der Waals surface area contributed by atoms with Crippen molar-refractivity contribution in [2.24, 2.45) is 0 Å². The summed E-state index contributed by atoms with van der Waals surface area (Å²) in [5.41, 5.74) is 1.17. The highest BCUT2D eigenvalue weighted by Crippen LogP contribution is 2.53. The summed E-state index contributed by atoms with van der Waals surface area (Å²) < 4.78 is 34.0. The number of benzene rings is 1. The zero-order valence-electron chi connectivity index (χ0n) is 14.7. The molecule has 150 valence electrons. The number of rotatable bonds is 9. The Morgan fingerprint density at radius 2 is 1.73 bits per heavy atom. The number of halogens is 4. The second-order valence-corrected chi connectivity index (χ2v) is 10.7. The highest BCUT2D eigenvalue weighted by molar-refractivity contribution is 9.13. The predicted molar refractivity (Wildman–Crippen MR) is 112 cm³/mol. The van der Waals surface area contributed by atoms with E-state index in [4.69, 9.17) is 37.2 Å². The molecule has 0 aromatic heterocycles. The van der Waals surface area contributed by atoms with Crippen molar-refractivity contribution in [3.63, 3.8) is 0 Å². The summed E-state index contributed by atoms with van der Waals surface area (Å²) in [6.07, 6.45) is 2.71. The van der Waals surface area contributed by atoms with E-state index in [1.807, 2.05) is 24.3 Å². The molecule has 1 atom stereocenters. The van der Waals surface area contributed by atoms with Crippen LogP contribution in [0.1, 0.15) is 5.56 Å². The first kappa shape index (κ1) is 26.2. The molecule has 1 aromatic carbocycles. The molecule has 1 aromatic rings. The molecule has 26 heavy (non-hydrogen) atoms. The Bertz CT molecular complexity index is 604. The highest BCUT2D eigenvalue weighted by Gasteiger charge is 2.38. The van der Waals surface area contributed by atoms with Gasteiger partial charge in [-0.2, -0.15) is 0 Å². The van der Waals surface area contributed by atoms with Crippen molar-refractivity contribution in [3.8, 4) is 11.5 Å². The van der Waals surface area contributed by atoms with Crippen LogP contribution in [-0.4, -0.2) is 36.7 Å². The van der Waals surface area contributed by atoms with E-state index in [1.54, 1.807) is 14.2 Å². The molecule has 0 aliphatic rings. The second kappa shape index (κ2) is 12.6. The maximum atomic E-state index is 11.4. The zero-order chi connectivity index (χ0) is 20.4. The minimum atomic E-state index is -3.58. The van der Waals surface area contributed by atoms with Crippen molar-refractivity contribution in [1.29, 1.82) is 0 Å². The average molecular weight is 559 g/mol. The number of methoxy groups -OCH3 is 2. The number of phosphoric acid groups is 1. The van der Waals surface area contributed by atoms with Crippen molar-refractivity contribution in [2.75, 3.05) is 28.4 Å². The third kappa shape index (κ3) is 9.42. The van der Waals surface area contributed by atoms with Crippen molar-refractivity contribution in [1.82, 2.24) is 0 Å². The Morgan fingerprint density at radius 3 is 2.12 bits per heavy atom.